The van der Waals surface area contributed by atoms with Gasteiger partial charge in [-0.2, -0.15) is 0 Å². The van der Waals surface area contributed by atoms with Crippen LogP contribution >= 0.6 is 0 Å². The first kappa shape index (κ1) is 21.9. The predicted octanol–water partition coefficient (Wildman–Crippen LogP) is 3.36. The quantitative estimate of drug-likeness (QED) is 0.373. The summed E-state index contributed by atoms with van der Waals surface area (Å²) in [5.74, 6) is 0.736. The molecule has 0 bridgehead atoms. The van der Waals surface area contributed by atoms with Crippen LogP contribution in [0.2, 0.25) is 0 Å². The summed E-state index contributed by atoms with van der Waals surface area (Å²) < 4.78 is 16.3. The number of hydrazine groups is 1. The lowest BCUT2D eigenvalue weighted by molar-refractivity contribution is -0.121. The lowest BCUT2D eigenvalue weighted by Crippen LogP contribution is -2.42. The Labute approximate surface area is 190 Å². The minimum absolute atomic E-state index is 0.127. The summed E-state index contributed by atoms with van der Waals surface area (Å²) in [5.41, 5.74) is 8.60. The van der Waals surface area contributed by atoms with Crippen LogP contribution in [0.4, 0.5) is 0 Å². The van der Waals surface area contributed by atoms with Crippen LogP contribution in [0.15, 0.2) is 53.2 Å². The first-order valence-corrected chi connectivity index (χ1v) is 10.3. The maximum Gasteiger partial charge on any atom is 0.269 e. The van der Waals surface area contributed by atoms with Gasteiger partial charge in [0.2, 0.25) is 5.91 Å². The molecule has 0 radical (unpaired) electrons. The summed E-state index contributed by atoms with van der Waals surface area (Å²) in [7, 11) is 1.49. The average Bonchev–Trinajstić information content (AvgIpc) is 3.38. The van der Waals surface area contributed by atoms with Crippen molar-refractivity contribution in [2.45, 2.75) is 26.9 Å². The number of aromatic nitrogens is 2. The summed E-state index contributed by atoms with van der Waals surface area (Å²) in [5, 5.41) is 4.87. The fourth-order valence-corrected chi connectivity index (χ4v) is 3.48. The van der Waals surface area contributed by atoms with Gasteiger partial charge >= 0.3 is 0 Å². The monoisotopic (exact) mass is 448 g/mol. The minimum atomic E-state index is -0.474. The zero-order chi connectivity index (χ0) is 23.4. The predicted molar refractivity (Wildman–Crippen MR) is 121 cm³/mol. The molecule has 0 saturated heterocycles. The van der Waals surface area contributed by atoms with Gasteiger partial charge in [0.25, 0.3) is 5.91 Å². The fraction of sp³-hybridized carbons (Fsp3) is 0.208. The molecule has 0 aliphatic rings. The number of carbonyl (C=O) groups is 2. The Morgan fingerprint density at radius 1 is 1.09 bits per heavy atom. The number of amides is 2. The van der Waals surface area contributed by atoms with E-state index in [4.69, 9.17) is 14.0 Å². The highest BCUT2D eigenvalue weighted by Gasteiger charge is 2.15. The van der Waals surface area contributed by atoms with E-state index in [1.807, 2.05) is 38.1 Å². The van der Waals surface area contributed by atoms with Crippen molar-refractivity contribution in [1.82, 2.24) is 21.0 Å². The Balaban J connectivity index is 1.36. The SMILES string of the molecule is COc1cc(C(=O)NNC(=O)Cc2c[nH]c3ccccc23)ccc1OCc1c(C)noc1C. The van der Waals surface area contributed by atoms with Gasteiger partial charge in [0, 0.05) is 22.7 Å². The molecule has 2 amide bonds. The van der Waals surface area contributed by atoms with Crippen LogP contribution in [0, 0.1) is 13.8 Å². The minimum Gasteiger partial charge on any atom is -0.493 e. The number of fused-ring (bicyclic) bond motifs is 1. The number of para-hydroxylation sites is 1. The van der Waals surface area contributed by atoms with E-state index in [9.17, 15) is 9.59 Å². The summed E-state index contributed by atoms with van der Waals surface area (Å²) in [6, 6.07) is 12.5. The largest absolute Gasteiger partial charge is 0.493 e. The van der Waals surface area contributed by atoms with Gasteiger partial charge < -0.3 is 19.0 Å². The molecule has 0 atom stereocenters. The molecule has 4 aromatic rings. The number of hydrogen-bond acceptors (Lipinski definition) is 6. The highest BCUT2D eigenvalue weighted by molar-refractivity contribution is 5.96. The number of carbonyl (C=O) groups excluding carboxylic acids is 2. The van der Waals surface area contributed by atoms with E-state index < -0.39 is 5.91 Å². The number of methoxy groups -OCH3 is 1. The molecule has 2 aromatic carbocycles. The van der Waals surface area contributed by atoms with Crippen molar-refractivity contribution in [2.75, 3.05) is 7.11 Å². The number of aromatic amines is 1. The first-order valence-electron chi connectivity index (χ1n) is 10.3. The standard InChI is InChI=1S/C24H24N4O5/c1-14-19(15(2)33-28-14)13-32-21-9-8-16(10-22(21)31-3)24(30)27-26-23(29)11-17-12-25-20-7-5-4-6-18(17)20/h4-10,12,25H,11,13H2,1-3H3,(H,26,29)(H,27,30). The molecule has 2 aromatic heterocycles. The van der Waals surface area contributed by atoms with E-state index in [1.165, 1.54) is 7.11 Å². The smallest absolute Gasteiger partial charge is 0.269 e. The molecule has 4 rings (SSSR count). The van der Waals surface area contributed by atoms with Crippen LogP contribution in [-0.4, -0.2) is 29.1 Å². The van der Waals surface area contributed by atoms with Gasteiger partial charge in [-0.3, -0.25) is 20.4 Å². The van der Waals surface area contributed by atoms with E-state index in [1.54, 1.807) is 24.4 Å². The molecule has 170 valence electrons. The van der Waals surface area contributed by atoms with Crippen LogP contribution in [0.25, 0.3) is 10.9 Å². The molecule has 0 aliphatic heterocycles. The van der Waals surface area contributed by atoms with E-state index in [0.29, 0.717) is 22.8 Å². The molecule has 0 unspecified atom stereocenters. The average molecular weight is 448 g/mol. The van der Waals surface area contributed by atoms with Crippen LogP contribution < -0.4 is 20.3 Å². The Hall–Kier alpha value is -4.27. The number of aryl methyl sites for hydroxylation is 2. The summed E-state index contributed by atoms with van der Waals surface area (Å²) in [6.07, 6.45) is 1.92. The van der Waals surface area contributed by atoms with E-state index in [0.717, 1.165) is 27.7 Å². The number of ether oxygens (including phenoxy) is 2. The van der Waals surface area contributed by atoms with Crippen molar-refractivity contribution in [1.29, 1.82) is 0 Å². The highest BCUT2D eigenvalue weighted by Crippen LogP contribution is 2.29. The van der Waals surface area contributed by atoms with Crippen molar-refractivity contribution in [3.63, 3.8) is 0 Å². The van der Waals surface area contributed by atoms with Gasteiger partial charge in [0.15, 0.2) is 11.5 Å². The third kappa shape index (κ3) is 4.82. The summed E-state index contributed by atoms with van der Waals surface area (Å²) >= 11 is 0. The number of H-pyrrole nitrogens is 1. The van der Waals surface area contributed by atoms with E-state index >= 15 is 0 Å². The molecule has 33 heavy (non-hydrogen) atoms. The van der Waals surface area contributed by atoms with Crippen molar-refractivity contribution in [3.05, 3.63) is 76.8 Å². The summed E-state index contributed by atoms with van der Waals surface area (Å²) in [4.78, 5) is 28.0. The van der Waals surface area contributed by atoms with Crippen LogP contribution in [0.1, 0.15) is 32.9 Å². The molecule has 0 fully saturated rings. The zero-order valence-corrected chi connectivity index (χ0v) is 18.5. The molecule has 3 N–H and O–H groups in total. The number of hydrogen-bond donors (Lipinski definition) is 3. The Kier molecular flexibility index (Phi) is 6.30. The molecule has 2 heterocycles. The Morgan fingerprint density at radius 3 is 2.67 bits per heavy atom. The second-order valence-corrected chi connectivity index (χ2v) is 7.50. The number of nitrogens with one attached hydrogen (secondary N) is 3. The van der Waals surface area contributed by atoms with E-state index in [-0.39, 0.29) is 18.9 Å². The van der Waals surface area contributed by atoms with Gasteiger partial charge in [0.05, 0.1) is 24.8 Å². The maximum atomic E-state index is 12.5. The van der Waals surface area contributed by atoms with Crippen molar-refractivity contribution < 1.29 is 23.6 Å². The fourth-order valence-electron chi connectivity index (χ4n) is 3.48. The topological polar surface area (TPSA) is 118 Å². The molecule has 0 spiro atoms. The zero-order valence-electron chi connectivity index (χ0n) is 18.5. The number of nitrogens with zero attached hydrogens (tertiary/aromatic N) is 1. The van der Waals surface area contributed by atoms with Gasteiger partial charge in [-0.1, -0.05) is 23.4 Å². The van der Waals surface area contributed by atoms with Gasteiger partial charge in [-0.15, -0.1) is 0 Å². The normalized spacial score (nSPS) is 10.8. The molecule has 0 aliphatic carbocycles. The lowest BCUT2D eigenvalue weighted by atomic mass is 10.1. The van der Waals surface area contributed by atoms with Gasteiger partial charge in [-0.05, 0) is 43.7 Å². The second kappa shape index (κ2) is 9.47. The number of benzene rings is 2. The van der Waals surface area contributed by atoms with Crippen LogP contribution in [-0.2, 0) is 17.8 Å². The van der Waals surface area contributed by atoms with E-state index in [2.05, 4.69) is 21.0 Å². The number of rotatable bonds is 7. The third-order valence-electron chi connectivity index (χ3n) is 5.32. The molecular formula is C24H24N4O5. The maximum absolute atomic E-state index is 12.5. The molecule has 9 nitrogen and oxygen atoms in total. The molecule has 0 saturated carbocycles. The highest BCUT2D eigenvalue weighted by atomic mass is 16.5. The van der Waals surface area contributed by atoms with Crippen LogP contribution in [0.3, 0.4) is 0 Å². The summed E-state index contributed by atoms with van der Waals surface area (Å²) in [6.45, 7) is 3.91. The van der Waals surface area contributed by atoms with Gasteiger partial charge in [-0.25, -0.2) is 0 Å². The first-order chi connectivity index (χ1) is 16.0. The van der Waals surface area contributed by atoms with Crippen molar-refractivity contribution in [3.8, 4) is 11.5 Å². The Bertz CT molecular complexity index is 1290. The molecular weight excluding hydrogens is 424 g/mol. The second-order valence-electron chi connectivity index (χ2n) is 7.50. The van der Waals surface area contributed by atoms with Crippen molar-refractivity contribution >= 4 is 22.7 Å². The molecule has 9 heteroatoms. The van der Waals surface area contributed by atoms with Crippen molar-refractivity contribution in [2.24, 2.45) is 0 Å². The van der Waals surface area contributed by atoms with Gasteiger partial charge in [0.1, 0.15) is 12.4 Å². The third-order valence-corrected chi connectivity index (χ3v) is 5.32. The van der Waals surface area contributed by atoms with Crippen LogP contribution in [0.5, 0.6) is 11.5 Å². The Morgan fingerprint density at radius 2 is 1.91 bits per heavy atom. The lowest BCUT2D eigenvalue weighted by Gasteiger charge is -2.12.